The van der Waals surface area contributed by atoms with E-state index in [1.807, 2.05) is 0 Å². The van der Waals surface area contributed by atoms with Gasteiger partial charge in [-0.15, -0.1) is 0 Å². The average Bonchev–Trinajstić information content (AvgIpc) is 2.34. The zero-order valence-corrected chi connectivity index (χ0v) is 12.5. The van der Waals surface area contributed by atoms with E-state index in [0.29, 0.717) is 11.6 Å². The molecule has 0 rings (SSSR count). The number of methoxy groups -OCH3 is 1. The Morgan fingerprint density at radius 2 is 2.06 bits per heavy atom. The molecule has 0 aromatic rings. The molecular formula is C11H20O6Si. The summed E-state index contributed by atoms with van der Waals surface area (Å²) in [4.78, 5) is 22.2. The molecule has 0 N–H and O–H groups in total. The topological polar surface area (TPSA) is 71.1 Å². The zero-order chi connectivity index (χ0) is 14.0. The van der Waals surface area contributed by atoms with Crippen LogP contribution in [0.15, 0.2) is 12.2 Å². The van der Waals surface area contributed by atoms with Crippen LogP contribution in [0.5, 0.6) is 0 Å². The van der Waals surface area contributed by atoms with E-state index in [4.69, 9.17) is 18.6 Å². The van der Waals surface area contributed by atoms with Crippen molar-refractivity contribution in [1.29, 1.82) is 0 Å². The van der Waals surface area contributed by atoms with Crippen molar-refractivity contribution in [2.75, 3.05) is 20.3 Å². The molecule has 0 amide bonds. The summed E-state index contributed by atoms with van der Waals surface area (Å²) in [5, 5.41) is 0. The van der Waals surface area contributed by atoms with Crippen LogP contribution in [0.2, 0.25) is 6.04 Å². The van der Waals surface area contributed by atoms with Crippen LogP contribution in [0.1, 0.15) is 13.8 Å². The second-order valence-electron chi connectivity index (χ2n) is 3.60. The maximum absolute atomic E-state index is 11.2. The van der Waals surface area contributed by atoms with Gasteiger partial charge in [-0.2, -0.15) is 0 Å². The smallest absolute Gasteiger partial charge is 0.333 e. The summed E-state index contributed by atoms with van der Waals surface area (Å²) in [6.45, 7) is 6.83. The molecule has 104 valence electrons. The molecule has 0 aliphatic carbocycles. The van der Waals surface area contributed by atoms with Crippen molar-refractivity contribution in [2.45, 2.75) is 26.2 Å². The number of hydrogen-bond donors (Lipinski definition) is 0. The first-order valence-corrected chi connectivity index (χ1v) is 7.17. The molecule has 1 atom stereocenters. The zero-order valence-electron chi connectivity index (χ0n) is 11.1. The lowest BCUT2D eigenvalue weighted by atomic mass is 10.4. The van der Waals surface area contributed by atoms with Crippen LogP contribution in [0.3, 0.4) is 0 Å². The minimum atomic E-state index is -1.03. The van der Waals surface area contributed by atoms with Gasteiger partial charge in [0.2, 0.25) is 9.76 Å². The minimum Gasteiger partial charge on any atom is -0.523 e. The molecular weight excluding hydrogens is 256 g/mol. The molecule has 0 saturated carbocycles. The molecule has 0 bridgehead atoms. The molecule has 18 heavy (non-hydrogen) atoms. The lowest BCUT2D eigenvalue weighted by molar-refractivity contribution is -0.155. The van der Waals surface area contributed by atoms with E-state index in [9.17, 15) is 9.59 Å². The summed E-state index contributed by atoms with van der Waals surface area (Å²) < 4.78 is 19.7. The van der Waals surface area contributed by atoms with E-state index < -0.39 is 28.0 Å². The van der Waals surface area contributed by atoms with Crippen LogP contribution >= 0.6 is 0 Å². The fourth-order valence-electron chi connectivity index (χ4n) is 0.828. The Hall–Kier alpha value is -1.18. The van der Waals surface area contributed by atoms with Crippen LogP contribution < -0.4 is 0 Å². The summed E-state index contributed by atoms with van der Waals surface area (Å²) in [6, 6.07) is 0.574. The van der Waals surface area contributed by atoms with Gasteiger partial charge in [0.1, 0.15) is 6.61 Å². The van der Waals surface area contributed by atoms with Crippen molar-refractivity contribution in [3.63, 3.8) is 0 Å². The van der Waals surface area contributed by atoms with Gasteiger partial charge in [0.25, 0.3) is 0 Å². The van der Waals surface area contributed by atoms with Crippen molar-refractivity contribution in [1.82, 2.24) is 0 Å². The van der Waals surface area contributed by atoms with Gasteiger partial charge >= 0.3 is 11.9 Å². The van der Waals surface area contributed by atoms with Gasteiger partial charge in [0.15, 0.2) is 6.29 Å². The van der Waals surface area contributed by atoms with E-state index in [2.05, 4.69) is 6.58 Å². The number of esters is 1. The number of carbonyl (C=O) groups is 2. The van der Waals surface area contributed by atoms with Crippen LogP contribution in [0.25, 0.3) is 0 Å². The molecule has 1 unspecified atom stereocenters. The molecule has 0 spiro atoms. The Bertz CT molecular complexity index is 291. The molecule has 6 nitrogen and oxygen atoms in total. The Morgan fingerprint density at radius 1 is 1.39 bits per heavy atom. The van der Waals surface area contributed by atoms with E-state index >= 15 is 0 Å². The molecule has 0 radical (unpaired) electrons. The van der Waals surface area contributed by atoms with Crippen molar-refractivity contribution in [2.24, 2.45) is 0 Å². The van der Waals surface area contributed by atoms with Crippen LogP contribution in [-0.4, -0.2) is 48.3 Å². The summed E-state index contributed by atoms with van der Waals surface area (Å²) in [5.74, 6) is -0.843. The van der Waals surface area contributed by atoms with Gasteiger partial charge in [-0.1, -0.05) is 6.58 Å². The predicted octanol–water partition coefficient (Wildman–Crippen LogP) is 0.160. The van der Waals surface area contributed by atoms with Gasteiger partial charge in [0.05, 0.1) is 6.61 Å². The molecule has 0 saturated heterocycles. The first-order chi connectivity index (χ1) is 8.47. The van der Waals surface area contributed by atoms with Crippen molar-refractivity contribution < 1.29 is 28.2 Å². The highest BCUT2D eigenvalue weighted by Gasteiger charge is 2.07. The summed E-state index contributed by atoms with van der Waals surface area (Å²) in [6.07, 6.45) is -0.435. The second kappa shape index (κ2) is 9.81. The average molecular weight is 276 g/mol. The number of ether oxygens (including phenoxy) is 3. The van der Waals surface area contributed by atoms with E-state index in [1.54, 1.807) is 13.8 Å². The highest BCUT2D eigenvalue weighted by atomic mass is 28.2. The first kappa shape index (κ1) is 16.8. The third-order valence-corrected chi connectivity index (χ3v) is 3.00. The van der Waals surface area contributed by atoms with E-state index in [-0.39, 0.29) is 13.2 Å². The number of carbonyl (C=O) groups excluding carboxylic acids is 2. The second-order valence-corrected chi connectivity index (χ2v) is 5.01. The predicted molar refractivity (Wildman–Crippen MR) is 67.6 cm³/mol. The third-order valence-electron chi connectivity index (χ3n) is 1.90. The SMILES string of the molecule is C=C(C)C(=O)OCC[SiH2]OC(=O)COC(C)OC. The number of rotatable bonds is 9. The number of hydrogen-bond acceptors (Lipinski definition) is 6. The third kappa shape index (κ3) is 8.91. The minimum absolute atomic E-state index is 0.131. The molecule has 0 aromatic carbocycles. The molecule has 0 aromatic heterocycles. The lowest BCUT2D eigenvalue weighted by Crippen LogP contribution is -2.20. The fraction of sp³-hybridized carbons (Fsp3) is 0.636. The molecule has 0 fully saturated rings. The van der Waals surface area contributed by atoms with Crippen LogP contribution in [-0.2, 0) is 28.2 Å². The van der Waals surface area contributed by atoms with Gasteiger partial charge < -0.3 is 18.6 Å². The van der Waals surface area contributed by atoms with Crippen molar-refractivity contribution in [3.8, 4) is 0 Å². The van der Waals surface area contributed by atoms with Crippen LogP contribution in [0.4, 0.5) is 0 Å². The van der Waals surface area contributed by atoms with Crippen LogP contribution in [0, 0.1) is 0 Å². The summed E-state index contributed by atoms with van der Waals surface area (Å²) in [5.41, 5.74) is 0.357. The summed E-state index contributed by atoms with van der Waals surface area (Å²) >= 11 is 0. The van der Waals surface area contributed by atoms with Crippen molar-refractivity contribution >= 4 is 21.7 Å². The molecule has 0 aliphatic rings. The monoisotopic (exact) mass is 276 g/mol. The standard InChI is InChI=1S/C11H20O6Si/c1-8(2)11(13)15-5-6-18-17-10(12)7-16-9(3)14-4/h9H,1,5-7,18H2,2-4H3. The maximum atomic E-state index is 11.2. The quantitative estimate of drug-likeness (QED) is 0.196. The van der Waals surface area contributed by atoms with Crippen molar-refractivity contribution in [3.05, 3.63) is 12.2 Å². The Labute approximate surface area is 109 Å². The highest BCUT2D eigenvalue weighted by Crippen LogP contribution is 1.95. The van der Waals surface area contributed by atoms with Gasteiger partial charge in [-0.05, 0) is 13.8 Å². The Morgan fingerprint density at radius 3 is 2.61 bits per heavy atom. The van der Waals surface area contributed by atoms with Gasteiger partial charge in [-0.3, -0.25) is 4.79 Å². The van der Waals surface area contributed by atoms with E-state index in [0.717, 1.165) is 0 Å². The van der Waals surface area contributed by atoms with Gasteiger partial charge in [0, 0.05) is 18.7 Å². The van der Waals surface area contributed by atoms with E-state index in [1.165, 1.54) is 7.11 Å². The fourth-order valence-corrected chi connectivity index (χ4v) is 1.55. The normalized spacial score (nSPS) is 12.4. The largest absolute Gasteiger partial charge is 0.523 e. The Balaban J connectivity index is 3.46. The van der Waals surface area contributed by atoms with Gasteiger partial charge in [-0.25, -0.2) is 4.79 Å². The molecule has 7 heteroatoms. The Kier molecular flexibility index (Phi) is 9.16. The first-order valence-electron chi connectivity index (χ1n) is 5.60. The lowest BCUT2D eigenvalue weighted by Gasteiger charge is -2.10. The maximum Gasteiger partial charge on any atom is 0.333 e. The molecule has 0 heterocycles. The molecule has 0 aliphatic heterocycles. The highest BCUT2D eigenvalue weighted by molar-refractivity contribution is 6.30. The summed E-state index contributed by atoms with van der Waals surface area (Å²) in [7, 11) is 0.455.